The molecule has 1 amide bonds. The van der Waals surface area contributed by atoms with E-state index in [1.165, 1.54) is 0 Å². The maximum absolute atomic E-state index is 12.9. The highest BCUT2D eigenvalue weighted by Crippen LogP contribution is 2.23. The normalized spacial score (nSPS) is 17.8. The number of aromatic amines is 1. The minimum Gasteiger partial charge on any atom is -0.481 e. The largest absolute Gasteiger partial charge is 0.481 e. The Kier molecular flexibility index (Phi) is 6.11. The average Bonchev–Trinajstić information content (AvgIpc) is 2.59. The Labute approximate surface area is 141 Å². The van der Waals surface area contributed by atoms with Crippen LogP contribution < -0.4 is 5.56 Å². The van der Waals surface area contributed by atoms with E-state index in [0.29, 0.717) is 32.4 Å². The highest BCUT2D eigenvalue weighted by atomic mass is 16.4. The summed E-state index contributed by atoms with van der Waals surface area (Å²) in [4.78, 5) is 37.6. The van der Waals surface area contributed by atoms with Crippen LogP contribution in [0.2, 0.25) is 0 Å². The van der Waals surface area contributed by atoms with E-state index in [1.807, 2.05) is 13.8 Å². The summed E-state index contributed by atoms with van der Waals surface area (Å²) < 4.78 is 0. The Morgan fingerprint density at radius 2 is 2.08 bits per heavy atom. The number of carboxylic acids is 1. The number of carboxylic acid groups (broad SMARTS) is 1. The van der Waals surface area contributed by atoms with Crippen LogP contribution >= 0.6 is 0 Å². The average molecular weight is 335 g/mol. The third kappa shape index (κ3) is 4.01. The van der Waals surface area contributed by atoms with Crippen LogP contribution in [0.1, 0.15) is 61.1 Å². The van der Waals surface area contributed by atoms with Gasteiger partial charge in [0.15, 0.2) is 0 Å². The molecule has 0 spiro atoms. The fraction of sp³-hybridized carbons (Fsp3) is 0.647. The lowest BCUT2D eigenvalue weighted by molar-refractivity contribution is -0.137. The Morgan fingerprint density at radius 3 is 2.71 bits per heavy atom. The standard InChI is InChI=1S/C17H25N3O4/c1-3-12-13(4-2)18-19-16(23)15(12)17(24)20-9-5-6-11(10-20)7-8-14(21)22/h11H,3-10H2,1-2H3,(H,19,23)(H,21,22). The highest BCUT2D eigenvalue weighted by Gasteiger charge is 2.28. The lowest BCUT2D eigenvalue weighted by Crippen LogP contribution is -2.43. The Hall–Kier alpha value is -2.18. The molecule has 1 aromatic rings. The van der Waals surface area contributed by atoms with E-state index >= 15 is 0 Å². The number of H-pyrrole nitrogens is 1. The van der Waals surface area contributed by atoms with Gasteiger partial charge in [-0.25, -0.2) is 5.10 Å². The van der Waals surface area contributed by atoms with Gasteiger partial charge in [0.2, 0.25) is 0 Å². The van der Waals surface area contributed by atoms with Crippen molar-refractivity contribution in [3.63, 3.8) is 0 Å². The van der Waals surface area contributed by atoms with Crippen molar-refractivity contribution in [1.82, 2.24) is 15.1 Å². The Bertz CT molecular complexity index is 668. The number of amides is 1. The molecule has 0 bridgehead atoms. The fourth-order valence-electron chi connectivity index (χ4n) is 3.39. The number of hydrogen-bond donors (Lipinski definition) is 2. The molecule has 0 radical (unpaired) electrons. The molecule has 1 aliphatic rings. The number of aromatic nitrogens is 2. The number of aryl methyl sites for hydroxylation is 1. The van der Waals surface area contributed by atoms with Gasteiger partial charge in [0.25, 0.3) is 11.5 Å². The summed E-state index contributed by atoms with van der Waals surface area (Å²) in [6, 6.07) is 0. The molecule has 1 saturated heterocycles. The molecule has 1 unspecified atom stereocenters. The Balaban J connectivity index is 2.22. The lowest BCUT2D eigenvalue weighted by atomic mass is 9.92. The number of piperidine rings is 1. The first-order valence-electron chi connectivity index (χ1n) is 8.59. The van der Waals surface area contributed by atoms with Crippen LogP contribution in [0.15, 0.2) is 4.79 Å². The zero-order chi connectivity index (χ0) is 17.7. The van der Waals surface area contributed by atoms with Gasteiger partial charge in [-0.15, -0.1) is 0 Å². The molecule has 0 saturated carbocycles. The van der Waals surface area contributed by atoms with Crippen molar-refractivity contribution in [3.05, 3.63) is 27.2 Å². The molecule has 132 valence electrons. The number of nitrogens with zero attached hydrogens (tertiary/aromatic N) is 2. The molecule has 1 fully saturated rings. The van der Waals surface area contributed by atoms with Crippen molar-refractivity contribution in [2.45, 2.75) is 52.4 Å². The predicted octanol–water partition coefficient (Wildman–Crippen LogP) is 1.61. The van der Waals surface area contributed by atoms with Gasteiger partial charge in [-0.2, -0.15) is 5.10 Å². The van der Waals surface area contributed by atoms with E-state index in [1.54, 1.807) is 4.90 Å². The highest BCUT2D eigenvalue weighted by molar-refractivity contribution is 5.95. The molecule has 2 heterocycles. The van der Waals surface area contributed by atoms with Gasteiger partial charge >= 0.3 is 5.97 Å². The van der Waals surface area contributed by atoms with E-state index in [2.05, 4.69) is 10.2 Å². The summed E-state index contributed by atoms with van der Waals surface area (Å²) in [5.41, 5.74) is 1.23. The van der Waals surface area contributed by atoms with Crippen molar-refractivity contribution in [2.24, 2.45) is 5.92 Å². The summed E-state index contributed by atoms with van der Waals surface area (Å²) >= 11 is 0. The molecular formula is C17H25N3O4. The summed E-state index contributed by atoms with van der Waals surface area (Å²) in [7, 11) is 0. The minimum absolute atomic E-state index is 0.114. The first-order valence-corrected chi connectivity index (χ1v) is 8.59. The molecule has 2 rings (SSSR count). The number of hydrogen-bond acceptors (Lipinski definition) is 4. The molecule has 7 heteroatoms. The number of aliphatic carboxylic acids is 1. The maximum atomic E-state index is 12.9. The third-order valence-electron chi connectivity index (χ3n) is 4.64. The first-order chi connectivity index (χ1) is 11.5. The van der Waals surface area contributed by atoms with Crippen molar-refractivity contribution in [1.29, 1.82) is 0 Å². The van der Waals surface area contributed by atoms with Gasteiger partial charge in [-0.1, -0.05) is 13.8 Å². The van der Waals surface area contributed by atoms with Crippen LogP contribution in [0.5, 0.6) is 0 Å². The quantitative estimate of drug-likeness (QED) is 0.822. The van der Waals surface area contributed by atoms with Gasteiger partial charge < -0.3 is 10.0 Å². The zero-order valence-corrected chi connectivity index (χ0v) is 14.3. The minimum atomic E-state index is -0.815. The molecule has 7 nitrogen and oxygen atoms in total. The van der Waals surface area contributed by atoms with Crippen molar-refractivity contribution >= 4 is 11.9 Å². The van der Waals surface area contributed by atoms with Crippen molar-refractivity contribution in [3.8, 4) is 0 Å². The van der Waals surface area contributed by atoms with Gasteiger partial charge in [-0.3, -0.25) is 14.4 Å². The molecular weight excluding hydrogens is 310 g/mol. The van der Waals surface area contributed by atoms with Crippen LogP contribution in [-0.2, 0) is 17.6 Å². The molecule has 24 heavy (non-hydrogen) atoms. The van der Waals surface area contributed by atoms with E-state index < -0.39 is 11.5 Å². The fourth-order valence-corrected chi connectivity index (χ4v) is 3.39. The molecule has 2 N–H and O–H groups in total. The maximum Gasteiger partial charge on any atom is 0.303 e. The smallest absolute Gasteiger partial charge is 0.303 e. The van der Waals surface area contributed by atoms with Crippen LogP contribution in [0.4, 0.5) is 0 Å². The number of nitrogens with one attached hydrogen (secondary N) is 1. The first kappa shape index (κ1) is 18.2. The van der Waals surface area contributed by atoms with E-state index in [4.69, 9.17) is 5.11 Å². The van der Waals surface area contributed by atoms with E-state index in [-0.39, 0.29) is 23.8 Å². The second-order valence-electron chi connectivity index (χ2n) is 6.25. The summed E-state index contributed by atoms with van der Waals surface area (Å²) in [6.07, 6.45) is 3.67. The van der Waals surface area contributed by atoms with Crippen LogP contribution in [0.25, 0.3) is 0 Å². The molecule has 0 aromatic carbocycles. The van der Waals surface area contributed by atoms with E-state index in [9.17, 15) is 14.4 Å². The van der Waals surface area contributed by atoms with Gasteiger partial charge in [0.1, 0.15) is 5.56 Å². The molecule has 0 aliphatic carbocycles. The second kappa shape index (κ2) is 8.08. The lowest BCUT2D eigenvalue weighted by Gasteiger charge is -2.33. The number of carbonyl (C=O) groups is 2. The summed E-state index contributed by atoms with van der Waals surface area (Å²) in [6.45, 7) is 4.97. The van der Waals surface area contributed by atoms with Gasteiger partial charge in [0.05, 0.1) is 5.69 Å². The zero-order valence-electron chi connectivity index (χ0n) is 14.3. The van der Waals surface area contributed by atoms with Crippen molar-refractivity contribution < 1.29 is 14.7 Å². The summed E-state index contributed by atoms with van der Waals surface area (Å²) in [5, 5.41) is 15.3. The summed E-state index contributed by atoms with van der Waals surface area (Å²) in [5.74, 6) is -0.898. The third-order valence-corrected chi connectivity index (χ3v) is 4.64. The Morgan fingerprint density at radius 1 is 1.33 bits per heavy atom. The van der Waals surface area contributed by atoms with Crippen LogP contribution in [0, 0.1) is 5.92 Å². The topological polar surface area (TPSA) is 103 Å². The monoisotopic (exact) mass is 335 g/mol. The molecule has 1 atom stereocenters. The number of likely N-dealkylation sites (tertiary alicyclic amines) is 1. The van der Waals surface area contributed by atoms with Gasteiger partial charge in [0, 0.05) is 19.5 Å². The predicted molar refractivity (Wildman–Crippen MR) is 89.1 cm³/mol. The van der Waals surface area contributed by atoms with Crippen LogP contribution in [0.3, 0.4) is 0 Å². The van der Waals surface area contributed by atoms with Crippen LogP contribution in [-0.4, -0.2) is 45.2 Å². The SMILES string of the molecule is CCc1n[nH]c(=O)c(C(=O)N2CCCC(CCC(=O)O)C2)c1CC. The second-order valence-corrected chi connectivity index (χ2v) is 6.25. The molecule has 1 aromatic heterocycles. The number of rotatable bonds is 6. The molecule has 1 aliphatic heterocycles. The number of carbonyl (C=O) groups excluding carboxylic acids is 1. The van der Waals surface area contributed by atoms with E-state index in [0.717, 1.165) is 24.1 Å². The van der Waals surface area contributed by atoms with Crippen molar-refractivity contribution in [2.75, 3.05) is 13.1 Å². The van der Waals surface area contributed by atoms with Gasteiger partial charge in [-0.05, 0) is 43.6 Å².